The van der Waals surface area contributed by atoms with Crippen LogP contribution in [0.2, 0.25) is 0 Å². The molecule has 0 bridgehead atoms. The van der Waals surface area contributed by atoms with Crippen molar-refractivity contribution in [1.29, 1.82) is 0 Å². The first-order valence-electron chi connectivity index (χ1n) is 4.12. The number of alkyl halides is 7. The second kappa shape index (κ2) is 3.78. The van der Waals surface area contributed by atoms with Gasteiger partial charge in [0.1, 0.15) is 5.75 Å². The summed E-state index contributed by atoms with van der Waals surface area (Å²) >= 11 is 0. The number of aromatic hydroxyl groups is 1. The fourth-order valence-electron chi connectivity index (χ4n) is 1.03. The maximum Gasteiger partial charge on any atom is 0.460 e. The molecule has 96 valence electrons. The van der Waals surface area contributed by atoms with Crippen LogP contribution in [0, 0.1) is 0 Å². The summed E-state index contributed by atoms with van der Waals surface area (Å²) in [4.78, 5) is 0. The number of rotatable bonds is 2. The van der Waals surface area contributed by atoms with Gasteiger partial charge in [-0.15, -0.1) is 0 Å². The van der Waals surface area contributed by atoms with E-state index in [1.807, 2.05) is 0 Å². The van der Waals surface area contributed by atoms with Crippen molar-refractivity contribution in [3.63, 3.8) is 0 Å². The van der Waals surface area contributed by atoms with Gasteiger partial charge >= 0.3 is 18.0 Å². The van der Waals surface area contributed by atoms with Crippen LogP contribution in [-0.4, -0.2) is 17.2 Å². The fraction of sp³-hybridized carbons (Fsp3) is 0.333. The van der Waals surface area contributed by atoms with E-state index in [-0.39, 0.29) is 0 Å². The van der Waals surface area contributed by atoms with E-state index in [0.29, 0.717) is 24.3 Å². The Morgan fingerprint density at radius 3 is 1.53 bits per heavy atom. The molecule has 1 nitrogen and oxygen atoms in total. The molecule has 0 amide bonds. The van der Waals surface area contributed by atoms with Gasteiger partial charge in [0.2, 0.25) is 0 Å². The molecule has 0 radical (unpaired) electrons. The topological polar surface area (TPSA) is 20.2 Å². The second-order valence-electron chi connectivity index (χ2n) is 3.19. The zero-order valence-electron chi connectivity index (χ0n) is 7.90. The summed E-state index contributed by atoms with van der Waals surface area (Å²) in [6.07, 6.45) is -6.37. The molecule has 0 aromatic heterocycles. The Balaban J connectivity index is 3.23. The van der Waals surface area contributed by atoms with Crippen molar-refractivity contribution < 1.29 is 35.8 Å². The highest BCUT2D eigenvalue weighted by atomic mass is 19.4. The Labute approximate surface area is 90.5 Å². The van der Waals surface area contributed by atoms with Crippen molar-refractivity contribution in [1.82, 2.24) is 0 Å². The zero-order valence-corrected chi connectivity index (χ0v) is 7.90. The number of hydrogen-bond donors (Lipinski definition) is 1. The van der Waals surface area contributed by atoms with Crippen molar-refractivity contribution in [3.05, 3.63) is 29.8 Å². The van der Waals surface area contributed by atoms with Gasteiger partial charge in [-0.05, 0) is 24.3 Å². The third-order valence-electron chi connectivity index (χ3n) is 1.98. The highest BCUT2D eigenvalue weighted by molar-refractivity contribution is 5.30. The van der Waals surface area contributed by atoms with E-state index >= 15 is 0 Å². The molecule has 0 saturated carbocycles. The number of phenols is 1. The van der Waals surface area contributed by atoms with Gasteiger partial charge in [0.25, 0.3) is 0 Å². The summed E-state index contributed by atoms with van der Waals surface area (Å²) < 4.78 is 86.6. The molecule has 0 aliphatic rings. The Morgan fingerprint density at radius 2 is 1.18 bits per heavy atom. The highest BCUT2D eigenvalue weighted by Crippen LogP contribution is 2.51. The third-order valence-corrected chi connectivity index (χ3v) is 1.98. The molecule has 17 heavy (non-hydrogen) atoms. The van der Waals surface area contributed by atoms with E-state index in [2.05, 4.69) is 0 Å². The Hall–Kier alpha value is -1.47. The van der Waals surface area contributed by atoms with Crippen LogP contribution in [-0.2, 0) is 5.92 Å². The molecular formula is C9H5F7O. The summed E-state index contributed by atoms with van der Waals surface area (Å²) in [6, 6.07) is 1.79. The summed E-state index contributed by atoms with van der Waals surface area (Å²) in [5.41, 5.74) is -1.53. The Morgan fingerprint density at radius 1 is 0.765 bits per heavy atom. The number of hydrogen-bond acceptors (Lipinski definition) is 1. The fourth-order valence-corrected chi connectivity index (χ4v) is 1.03. The molecule has 0 saturated heterocycles. The van der Waals surface area contributed by atoms with E-state index in [0.717, 1.165) is 0 Å². The lowest BCUT2D eigenvalue weighted by atomic mass is 10.0. The lowest BCUT2D eigenvalue weighted by Gasteiger charge is -2.28. The van der Waals surface area contributed by atoms with Gasteiger partial charge in [-0.2, -0.15) is 30.7 Å². The average molecular weight is 262 g/mol. The molecule has 1 aromatic rings. The van der Waals surface area contributed by atoms with Crippen LogP contribution in [0.5, 0.6) is 5.75 Å². The minimum absolute atomic E-state index is 0.301. The molecule has 0 fully saturated rings. The van der Waals surface area contributed by atoms with E-state index < -0.39 is 29.3 Å². The predicted octanol–water partition coefficient (Wildman–Crippen LogP) is 3.68. The summed E-state index contributed by atoms with van der Waals surface area (Å²) in [5, 5.41) is 8.73. The van der Waals surface area contributed by atoms with Gasteiger partial charge in [-0.3, -0.25) is 0 Å². The Kier molecular flexibility index (Phi) is 3.02. The van der Waals surface area contributed by atoms with Crippen LogP contribution >= 0.6 is 0 Å². The Bertz CT molecular complexity index is 393. The normalized spacial score (nSPS) is 13.8. The number of halogens is 7. The van der Waals surface area contributed by atoms with Crippen molar-refractivity contribution in [2.24, 2.45) is 0 Å². The lowest BCUT2D eigenvalue weighted by molar-refractivity contribution is -0.359. The van der Waals surface area contributed by atoms with Crippen LogP contribution in [0.15, 0.2) is 24.3 Å². The molecular weight excluding hydrogens is 257 g/mol. The van der Waals surface area contributed by atoms with E-state index in [1.165, 1.54) is 0 Å². The minimum Gasteiger partial charge on any atom is -0.508 e. The standard InChI is InChI=1S/C9H5F7O/c10-7(11,8(12,13)9(14,15)16)5-1-3-6(17)4-2-5/h1-4,17H. The van der Waals surface area contributed by atoms with Gasteiger partial charge in [-0.1, -0.05) is 0 Å². The first kappa shape index (κ1) is 13.6. The van der Waals surface area contributed by atoms with E-state index in [9.17, 15) is 30.7 Å². The first-order valence-corrected chi connectivity index (χ1v) is 4.12. The van der Waals surface area contributed by atoms with Crippen molar-refractivity contribution in [3.8, 4) is 5.75 Å². The van der Waals surface area contributed by atoms with Crippen molar-refractivity contribution in [2.45, 2.75) is 18.0 Å². The van der Waals surface area contributed by atoms with Crippen LogP contribution in [0.3, 0.4) is 0 Å². The molecule has 1 aromatic carbocycles. The lowest BCUT2D eigenvalue weighted by Crippen LogP contribution is -2.49. The molecule has 0 aliphatic carbocycles. The summed E-state index contributed by atoms with van der Waals surface area (Å²) in [5.74, 6) is -12.1. The van der Waals surface area contributed by atoms with Crippen LogP contribution in [0.1, 0.15) is 5.56 Å². The van der Waals surface area contributed by atoms with E-state index in [1.54, 1.807) is 0 Å². The molecule has 8 heteroatoms. The molecule has 0 aliphatic heterocycles. The maximum atomic E-state index is 13.0. The molecule has 0 unspecified atom stereocenters. The molecule has 0 spiro atoms. The van der Waals surface area contributed by atoms with Crippen LogP contribution in [0.25, 0.3) is 0 Å². The predicted molar refractivity (Wildman–Crippen MR) is 43.0 cm³/mol. The second-order valence-corrected chi connectivity index (χ2v) is 3.19. The smallest absolute Gasteiger partial charge is 0.460 e. The molecule has 1 rings (SSSR count). The van der Waals surface area contributed by atoms with Gasteiger partial charge in [0.05, 0.1) is 0 Å². The quantitative estimate of drug-likeness (QED) is 0.806. The van der Waals surface area contributed by atoms with Gasteiger partial charge in [0, 0.05) is 5.56 Å². The largest absolute Gasteiger partial charge is 0.508 e. The third kappa shape index (κ3) is 2.16. The SMILES string of the molecule is Oc1ccc(C(F)(F)C(F)(F)C(F)(F)F)cc1. The van der Waals surface area contributed by atoms with Gasteiger partial charge < -0.3 is 5.11 Å². The molecule has 0 heterocycles. The van der Waals surface area contributed by atoms with E-state index in [4.69, 9.17) is 5.11 Å². The summed E-state index contributed by atoms with van der Waals surface area (Å²) in [7, 11) is 0. The highest BCUT2D eigenvalue weighted by Gasteiger charge is 2.73. The van der Waals surface area contributed by atoms with Crippen molar-refractivity contribution >= 4 is 0 Å². The first-order chi connectivity index (χ1) is 7.50. The number of phenolic OH excluding ortho intramolecular Hbond substituents is 1. The zero-order chi connectivity index (χ0) is 13.5. The van der Waals surface area contributed by atoms with Crippen LogP contribution < -0.4 is 0 Å². The summed E-state index contributed by atoms with van der Waals surface area (Å²) in [6.45, 7) is 0. The van der Waals surface area contributed by atoms with Crippen LogP contribution in [0.4, 0.5) is 30.7 Å². The average Bonchev–Trinajstić information content (AvgIpc) is 2.16. The van der Waals surface area contributed by atoms with Gasteiger partial charge in [0.15, 0.2) is 0 Å². The monoisotopic (exact) mass is 262 g/mol. The maximum absolute atomic E-state index is 13.0. The van der Waals surface area contributed by atoms with Gasteiger partial charge in [-0.25, -0.2) is 0 Å². The van der Waals surface area contributed by atoms with Crippen molar-refractivity contribution in [2.75, 3.05) is 0 Å². The molecule has 0 atom stereocenters. The molecule has 1 N–H and O–H groups in total. The number of benzene rings is 1. The minimum atomic E-state index is -6.37.